The van der Waals surface area contributed by atoms with Gasteiger partial charge in [0.25, 0.3) is 0 Å². The smallest absolute Gasteiger partial charge is 0.100 e. The molecule has 2 aromatic carbocycles. The van der Waals surface area contributed by atoms with Crippen LogP contribution in [0.4, 0.5) is 0 Å². The van der Waals surface area contributed by atoms with Crippen molar-refractivity contribution in [3.05, 3.63) is 79.4 Å². The molecule has 3 nitrogen and oxygen atoms in total. The molecule has 0 N–H and O–H groups in total. The number of pyridine rings is 1. The number of imidazole rings is 1. The first-order chi connectivity index (χ1) is 11.4. The lowest BCUT2D eigenvalue weighted by Gasteiger charge is -2.05. The minimum absolute atomic E-state index is 0.994. The van der Waals surface area contributed by atoms with Crippen LogP contribution in [-0.4, -0.2) is 14.5 Å². The Balaban J connectivity index is 0.000000753. The third-order valence-electron chi connectivity index (χ3n) is 3.60. The molecular weight excluding hydrogens is 282 g/mol. The van der Waals surface area contributed by atoms with Crippen molar-refractivity contribution in [2.75, 3.05) is 0 Å². The van der Waals surface area contributed by atoms with Crippen LogP contribution >= 0.6 is 0 Å². The molecule has 4 rings (SSSR count). The second-order valence-corrected chi connectivity index (χ2v) is 4.89. The van der Waals surface area contributed by atoms with Crippen LogP contribution in [0.15, 0.2) is 79.4 Å². The fourth-order valence-corrected chi connectivity index (χ4v) is 2.53. The maximum atomic E-state index is 4.53. The summed E-state index contributed by atoms with van der Waals surface area (Å²) in [5.74, 6) is 0. The van der Waals surface area contributed by atoms with Gasteiger partial charge in [0, 0.05) is 18.1 Å². The minimum Gasteiger partial charge on any atom is -0.299 e. The zero-order valence-corrected chi connectivity index (χ0v) is 13.3. The van der Waals surface area contributed by atoms with E-state index in [-0.39, 0.29) is 0 Å². The molecule has 0 radical (unpaired) electrons. The van der Waals surface area contributed by atoms with E-state index in [1.807, 2.05) is 62.9 Å². The monoisotopic (exact) mass is 301 g/mol. The number of nitrogens with zero attached hydrogens (tertiary/aromatic N) is 3. The van der Waals surface area contributed by atoms with E-state index in [0.29, 0.717) is 0 Å². The van der Waals surface area contributed by atoms with Crippen LogP contribution in [-0.2, 0) is 0 Å². The van der Waals surface area contributed by atoms with Gasteiger partial charge in [0.1, 0.15) is 6.33 Å². The summed E-state index contributed by atoms with van der Waals surface area (Å²) in [7, 11) is 0. The van der Waals surface area contributed by atoms with E-state index in [1.54, 1.807) is 0 Å². The quantitative estimate of drug-likeness (QED) is 0.515. The molecule has 0 saturated heterocycles. The molecule has 0 unspecified atom stereocenters. The van der Waals surface area contributed by atoms with Gasteiger partial charge in [-0.2, -0.15) is 0 Å². The van der Waals surface area contributed by atoms with Crippen LogP contribution < -0.4 is 0 Å². The molecule has 0 amide bonds. The first-order valence-corrected chi connectivity index (χ1v) is 7.85. The molecule has 0 bridgehead atoms. The number of benzene rings is 2. The van der Waals surface area contributed by atoms with Gasteiger partial charge in [-0.05, 0) is 47.5 Å². The van der Waals surface area contributed by atoms with Crippen molar-refractivity contribution in [2.45, 2.75) is 13.8 Å². The summed E-state index contributed by atoms with van der Waals surface area (Å²) in [6, 6.07) is 20.6. The van der Waals surface area contributed by atoms with Crippen LogP contribution in [0.25, 0.3) is 27.8 Å². The van der Waals surface area contributed by atoms with E-state index >= 15 is 0 Å². The van der Waals surface area contributed by atoms with E-state index in [2.05, 4.69) is 44.9 Å². The van der Waals surface area contributed by atoms with Gasteiger partial charge >= 0.3 is 0 Å². The number of rotatable bonds is 2. The molecule has 0 atom stereocenters. The van der Waals surface area contributed by atoms with Gasteiger partial charge in [0.05, 0.1) is 11.0 Å². The normalized spacial score (nSPS) is 10.2. The molecule has 114 valence electrons. The summed E-state index contributed by atoms with van der Waals surface area (Å²) < 4.78 is 2.10. The fraction of sp³-hybridized carbons (Fsp3) is 0.100. The maximum absolute atomic E-state index is 4.53. The van der Waals surface area contributed by atoms with E-state index in [9.17, 15) is 0 Å². The second-order valence-electron chi connectivity index (χ2n) is 4.89. The Hall–Kier alpha value is -2.94. The van der Waals surface area contributed by atoms with Crippen molar-refractivity contribution in [3.63, 3.8) is 0 Å². The molecule has 4 aromatic rings. The summed E-state index contributed by atoms with van der Waals surface area (Å²) in [5.41, 5.74) is 5.54. The van der Waals surface area contributed by atoms with Crippen LogP contribution in [0.3, 0.4) is 0 Å². The minimum atomic E-state index is 0.994. The molecule has 3 heteroatoms. The highest BCUT2D eigenvalue weighted by Gasteiger charge is 2.06. The molecule has 2 heterocycles. The largest absolute Gasteiger partial charge is 0.299 e. The van der Waals surface area contributed by atoms with Crippen molar-refractivity contribution in [1.29, 1.82) is 0 Å². The Bertz CT molecular complexity index is 881. The van der Waals surface area contributed by atoms with Gasteiger partial charge in [-0.25, -0.2) is 4.98 Å². The number of fused-ring (bicyclic) bond motifs is 1. The van der Waals surface area contributed by atoms with E-state index < -0.39 is 0 Å². The summed E-state index contributed by atoms with van der Waals surface area (Å²) in [4.78, 5) is 8.59. The topological polar surface area (TPSA) is 30.7 Å². The van der Waals surface area contributed by atoms with Crippen molar-refractivity contribution < 1.29 is 0 Å². The second kappa shape index (κ2) is 6.88. The standard InChI is InChI=1S/C18H13N3.C2H6/c1-2-4-16(5-3-1)21-13-20-17-12-15(6-7-18(17)21)14-8-10-19-11-9-14;1-2/h1-13H;1-2H3. The van der Waals surface area contributed by atoms with Gasteiger partial charge < -0.3 is 0 Å². The SMILES string of the molecule is CC.c1ccc(-n2cnc3cc(-c4ccncc4)ccc32)cc1. The molecule has 0 saturated carbocycles. The molecule has 0 aliphatic rings. The highest BCUT2D eigenvalue weighted by atomic mass is 15.0. The number of hydrogen-bond acceptors (Lipinski definition) is 2. The molecule has 0 spiro atoms. The van der Waals surface area contributed by atoms with Gasteiger partial charge in [0.2, 0.25) is 0 Å². The van der Waals surface area contributed by atoms with Crippen LogP contribution in [0.2, 0.25) is 0 Å². The first kappa shape index (κ1) is 15.0. The molecule has 2 aromatic heterocycles. The maximum Gasteiger partial charge on any atom is 0.100 e. The van der Waals surface area contributed by atoms with E-state index in [4.69, 9.17) is 0 Å². The summed E-state index contributed by atoms with van der Waals surface area (Å²) in [6.07, 6.45) is 5.49. The molecular formula is C20H19N3. The predicted octanol–water partition coefficient (Wildman–Crippen LogP) is 5.11. The molecule has 0 fully saturated rings. The highest BCUT2D eigenvalue weighted by molar-refractivity contribution is 5.83. The highest BCUT2D eigenvalue weighted by Crippen LogP contribution is 2.24. The average Bonchev–Trinajstić information content (AvgIpc) is 3.08. The zero-order chi connectivity index (χ0) is 16.1. The van der Waals surface area contributed by atoms with E-state index in [1.165, 1.54) is 0 Å². The number of para-hydroxylation sites is 1. The average molecular weight is 301 g/mol. The lowest BCUT2D eigenvalue weighted by atomic mass is 10.1. The van der Waals surface area contributed by atoms with Gasteiger partial charge in [-0.15, -0.1) is 0 Å². The Morgan fingerprint density at radius 3 is 2.26 bits per heavy atom. The van der Waals surface area contributed by atoms with Gasteiger partial charge in [0.15, 0.2) is 0 Å². The summed E-state index contributed by atoms with van der Waals surface area (Å²) in [5, 5.41) is 0. The Labute approximate surface area is 136 Å². The van der Waals surface area contributed by atoms with Crippen LogP contribution in [0, 0.1) is 0 Å². The molecule has 23 heavy (non-hydrogen) atoms. The van der Waals surface area contributed by atoms with Crippen molar-refractivity contribution in [3.8, 4) is 16.8 Å². The lowest BCUT2D eigenvalue weighted by Crippen LogP contribution is -1.90. The number of aromatic nitrogens is 3. The third-order valence-corrected chi connectivity index (χ3v) is 3.60. The zero-order valence-electron chi connectivity index (χ0n) is 13.3. The number of hydrogen-bond donors (Lipinski definition) is 0. The fourth-order valence-electron chi connectivity index (χ4n) is 2.53. The Kier molecular flexibility index (Phi) is 4.48. The van der Waals surface area contributed by atoms with Crippen molar-refractivity contribution in [2.24, 2.45) is 0 Å². The Morgan fingerprint density at radius 1 is 0.783 bits per heavy atom. The molecule has 0 aliphatic carbocycles. The lowest BCUT2D eigenvalue weighted by molar-refractivity contribution is 1.09. The third kappa shape index (κ3) is 2.99. The predicted molar refractivity (Wildman–Crippen MR) is 95.6 cm³/mol. The van der Waals surface area contributed by atoms with Crippen molar-refractivity contribution in [1.82, 2.24) is 14.5 Å². The van der Waals surface area contributed by atoms with Crippen LogP contribution in [0.1, 0.15) is 13.8 Å². The van der Waals surface area contributed by atoms with Crippen LogP contribution in [0.5, 0.6) is 0 Å². The van der Waals surface area contributed by atoms with Gasteiger partial charge in [-0.1, -0.05) is 38.1 Å². The summed E-state index contributed by atoms with van der Waals surface area (Å²) in [6.45, 7) is 4.00. The summed E-state index contributed by atoms with van der Waals surface area (Å²) >= 11 is 0. The van der Waals surface area contributed by atoms with Crippen molar-refractivity contribution >= 4 is 11.0 Å². The first-order valence-electron chi connectivity index (χ1n) is 7.85. The van der Waals surface area contributed by atoms with E-state index in [0.717, 1.165) is 27.8 Å². The molecule has 0 aliphatic heterocycles. The Morgan fingerprint density at radius 2 is 1.52 bits per heavy atom. The van der Waals surface area contributed by atoms with Gasteiger partial charge in [-0.3, -0.25) is 9.55 Å².